The van der Waals surface area contributed by atoms with Gasteiger partial charge in [-0.2, -0.15) is 0 Å². The van der Waals surface area contributed by atoms with Crippen LogP contribution in [0.3, 0.4) is 0 Å². The molecule has 0 aliphatic rings. The van der Waals surface area contributed by atoms with Crippen molar-refractivity contribution in [2.24, 2.45) is 0 Å². The van der Waals surface area contributed by atoms with E-state index in [1.54, 1.807) is 16.6 Å². The summed E-state index contributed by atoms with van der Waals surface area (Å²) in [6.07, 6.45) is 1.86. The molecule has 0 atom stereocenters. The molecule has 0 saturated heterocycles. The highest BCUT2D eigenvalue weighted by molar-refractivity contribution is 5.61. The number of pyridine rings is 1. The van der Waals surface area contributed by atoms with E-state index in [1.807, 2.05) is 25.3 Å². The Hall–Kier alpha value is -2.76. The van der Waals surface area contributed by atoms with Gasteiger partial charge in [-0.3, -0.25) is 10.1 Å². The first-order valence-corrected chi connectivity index (χ1v) is 5.71. The second-order valence-corrected chi connectivity index (χ2v) is 4.25. The van der Waals surface area contributed by atoms with Gasteiger partial charge in [-0.25, -0.2) is 9.50 Å². The summed E-state index contributed by atoms with van der Waals surface area (Å²) >= 11 is 0. The zero-order valence-electron chi connectivity index (χ0n) is 10.1. The first kappa shape index (κ1) is 11.3. The predicted octanol–water partition coefficient (Wildman–Crippen LogP) is 2.61. The molecule has 0 aliphatic carbocycles. The third-order valence-electron chi connectivity index (χ3n) is 2.79. The van der Waals surface area contributed by atoms with Crippen LogP contribution in [0.4, 0.5) is 5.69 Å². The Labute approximate surface area is 108 Å². The van der Waals surface area contributed by atoms with Gasteiger partial charge in [0.15, 0.2) is 11.5 Å². The lowest BCUT2D eigenvalue weighted by Crippen LogP contribution is -1.90. The van der Waals surface area contributed by atoms with E-state index in [4.69, 9.17) is 0 Å². The molecule has 0 N–H and O–H groups in total. The Morgan fingerprint density at radius 3 is 2.89 bits per heavy atom. The van der Waals surface area contributed by atoms with Gasteiger partial charge in [-0.05, 0) is 18.6 Å². The quantitative estimate of drug-likeness (QED) is 0.520. The summed E-state index contributed by atoms with van der Waals surface area (Å²) < 4.78 is 1.67. The molecule has 0 saturated carbocycles. The van der Waals surface area contributed by atoms with Crippen LogP contribution in [-0.4, -0.2) is 19.5 Å². The third-order valence-corrected chi connectivity index (χ3v) is 2.79. The summed E-state index contributed by atoms with van der Waals surface area (Å²) in [5.74, 6) is 0.481. The average molecular weight is 254 g/mol. The number of nitro benzene ring substituents is 1. The fraction of sp³-hybridized carbons (Fsp3) is 0.0769. The largest absolute Gasteiger partial charge is 0.270 e. The van der Waals surface area contributed by atoms with Gasteiger partial charge in [0.1, 0.15) is 0 Å². The average Bonchev–Trinajstić information content (AvgIpc) is 2.81. The van der Waals surface area contributed by atoms with Crippen LogP contribution in [0.5, 0.6) is 0 Å². The SMILES string of the molecule is Cc1ccc2nc(-c3cccc([N+](=O)[O-])c3)nn2c1. The van der Waals surface area contributed by atoms with Crippen molar-refractivity contribution >= 4 is 11.3 Å². The minimum Gasteiger partial charge on any atom is -0.258 e. The standard InChI is InChI=1S/C13H10N4O2/c1-9-5-6-12-14-13(15-16(12)8-9)10-3-2-4-11(7-10)17(18)19/h2-8H,1H3. The van der Waals surface area contributed by atoms with Crippen molar-refractivity contribution in [1.29, 1.82) is 0 Å². The van der Waals surface area contributed by atoms with Gasteiger partial charge >= 0.3 is 0 Å². The van der Waals surface area contributed by atoms with Gasteiger partial charge in [0.2, 0.25) is 0 Å². The number of hydrogen-bond acceptors (Lipinski definition) is 4. The number of non-ortho nitro benzene ring substituents is 1. The molecule has 1 aromatic carbocycles. The maximum absolute atomic E-state index is 10.8. The topological polar surface area (TPSA) is 73.3 Å². The Balaban J connectivity index is 2.13. The lowest BCUT2D eigenvalue weighted by molar-refractivity contribution is -0.384. The van der Waals surface area contributed by atoms with Crippen LogP contribution >= 0.6 is 0 Å². The summed E-state index contributed by atoms with van der Waals surface area (Å²) in [7, 11) is 0. The highest BCUT2D eigenvalue weighted by Gasteiger charge is 2.11. The molecule has 0 bridgehead atoms. The van der Waals surface area contributed by atoms with E-state index in [1.165, 1.54) is 12.1 Å². The van der Waals surface area contributed by atoms with Crippen molar-refractivity contribution in [3.8, 4) is 11.4 Å². The predicted molar refractivity (Wildman–Crippen MR) is 69.8 cm³/mol. The van der Waals surface area contributed by atoms with E-state index < -0.39 is 4.92 Å². The monoisotopic (exact) mass is 254 g/mol. The molecule has 0 aliphatic heterocycles. The highest BCUT2D eigenvalue weighted by atomic mass is 16.6. The zero-order valence-corrected chi connectivity index (χ0v) is 10.1. The summed E-state index contributed by atoms with van der Waals surface area (Å²) in [5.41, 5.74) is 2.46. The second-order valence-electron chi connectivity index (χ2n) is 4.25. The van der Waals surface area contributed by atoms with Gasteiger partial charge < -0.3 is 0 Å². The zero-order chi connectivity index (χ0) is 13.4. The molecule has 0 radical (unpaired) electrons. The fourth-order valence-corrected chi connectivity index (χ4v) is 1.87. The van der Waals surface area contributed by atoms with Gasteiger partial charge in [-0.15, -0.1) is 5.10 Å². The van der Waals surface area contributed by atoms with Crippen molar-refractivity contribution in [2.45, 2.75) is 6.92 Å². The molecule has 0 unspecified atom stereocenters. The normalized spacial score (nSPS) is 10.8. The van der Waals surface area contributed by atoms with Crippen LogP contribution in [0.1, 0.15) is 5.56 Å². The molecule has 6 nitrogen and oxygen atoms in total. The van der Waals surface area contributed by atoms with Gasteiger partial charge in [0.05, 0.1) is 4.92 Å². The van der Waals surface area contributed by atoms with E-state index in [2.05, 4.69) is 10.1 Å². The van der Waals surface area contributed by atoms with Crippen LogP contribution in [0, 0.1) is 17.0 Å². The number of aromatic nitrogens is 3. The molecular formula is C13H10N4O2. The smallest absolute Gasteiger partial charge is 0.258 e. The number of hydrogen-bond donors (Lipinski definition) is 0. The first-order valence-electron chi connectivity index (χ1n) is 5.71. The van der Waals surface area contributed by atoms with Crippen LogP contribution < -0.4 is 0 Å². The minimum absolute atomic E-state index is 0.0348. The number of nitrogens with zero attached hydrogens (tertiary/aromatic N) is 4. The molecule has 0 fully saturated rings. The minimum atomic E-state index is -0.427. The fourth-order valence-electron chi connectivity index (χ4n) is 1.87. The molecular weight excluding hydrogens is 244 g/mol. The molecule has 0 amide bonds. The van der Waals surface area contributed by atoms with Gasteiger partial charge in [0, 0.05) is 23.9 Å². The molecule has 94 valence electrons. The number of rotatable bonds is 2. The summed E-state index contributed by atoms with van der Waals surface area (Å²) in [6.45, 7) is 1.97. The van der Waals surface area contributed by atoms with Crippen LogP contribution in [0.25, 0.3) is 17.0 Å². The molecule has 3 rings (SSSR count). The number of nitro groups is 1. The lowest BCUT2D eigenvalue weighted by Gasteiger charge is -1.94. The van der Waals surface area contributed by atoms with Crippen molar-refractivity contribution in [2.75, 3.05) is 0 Å². The molecule has 3 aromatic rings. The maximum atomic E-state index is 10.8. The van der Waals surface area contributed by atoms with Crippen molar-refractivity contribution < 1.29 is 4.92 Å². The summed E-state index contributed by atoms with van der Waals surface area (Å²) in [4.78, 5) is 14.7. The van der Waals surface area contributed by atoms with Crippen molar-refractivity contribution in [3.63, 3.8) is 0 Å². The van der Waals surface area contributed by atoms with Gasteiger partial charge in [0.25, 0.3) is 5.69 Å². The van der Waals surface area contributed by atoms with Crippen molar-refractivity contribution in [3.05, 3.63) is 58.3 Å². The number of fused-ring (bicyclic) bond motifs is 1. The third kappa shape index (κ3) is 2.03. The van der Waals surface area contributed by atoms with E-state index in [0.29, 0.717) is 17.0 Å². The molecule has 2 aromatic heterocycles. The summed E-state index contributed by atoms with van der Waals surface area (Å²) in [6, 6.07) is 10.1. The Bertz CT molecular complexity index is 779. The van der Waals surface area contributed by atoms with E-state index in [9.17, 15) is 10.1 Å². The second kappa shape index (κ2) is 4.16. The number of benzene rings is 1. The molecule has 0 spiro atoms. The summed E-state index contributed by atoms with van der Waals surface area (Å²) in [5, 5.41) is 15.1. The van der Waals surface area contributed by atoms with Gasteiger partial charge in [-0.1, -0.05) is 18.2 Å². The lowest BCUT2D eigenvalue weighted by atomic mass is 10.2. The van der Waals surface area contributed by atoms with E-state index in [-0.39, 0.29) is 5.69 Å². The Morgan fingerprint density at radius 2 is 2.11 bits per heavy atom. The molecule has 19 heavy (non-hydrogen) atoms. The first-order chi connectivity index (χ1) is 9.13. The van der Waals surface area contributed by atoms with Crippen LogP contribution in [0.15, 0.2) is 42.6 Å². The molecule has 2 heterocycles. The van der Waals surface area contributed by atoms with Crippen LogP contribution in [-0.2, 0) is 0 Å². The Kier molecular flexibility index (Phi) is 2.49. The maximum Gasteiger partial charge on any atom is 0.270 e. The van der Waals surface area contributed by atoms with Crippen molar-refractivity contribution in [1.82, 2.24) is 14.6 Å². The van der Waals surface area contributed by atoms with Crippen LogP contribution in [0.2, 0.25) is 0 Å². The van der Waals surface area contributed by atoms with E-state index in [0.717, 1.165) is 5.56 Å². The van der Waals surface area contributed by atoms with E-state index >= 15 is 0 Å². The Morgan fingerprint density at radius 1 is 1.26 bits per heavy atom. The molecule has 6 heteroatoms. The highest BCUT2D eigenvalue weighted by Crippen LogP contribution is 2.21. The number of aryl methyl sites for hydroxylation is 1.